The summed E-state index contributed by atoms with van der Waals surface area (Å²) in [5, 5.41) is 3.47. The average molecular weight is 218 g/mol. The van der Waals surface area contributed by atoms with Gasteiger partial charge in [0.05, 0.1) is 0 Å². The summed E-state index contributed by atoms with van der Waals surface area (Å²) in [5.41, 5.74) is 1.62. The molecule has 0 unspecified atom stereocenters. The molecule has 1 heterocycles. The summed E-state index contributed by atoms with van der Waals surface area (Å²) >= 11 is 0. The third kappa shape index (κ3) is 2.76. The molecule has 0 spiro atoms. The van der Waals surface area contributed by atoms with E-state index in [1.807, 2.05) is 0 Å². The van der Waals surface area contributed by atoms with Crippen LogP contribution in [0.5, 0.6) is 0 Å². The van der Waals surface area contributed by atoms with Gasteiger partial charge in [0, 0.05) is 24.3 Å². The van der Waals surface area contributed by atoms with Crippen molar-refractivity contribution in [3.8, 4) is 0 Å². The van der Waals surface area contributed by atoms with Gasteiger partial charge in [-0.15, -0.1) is 0 Å². The molecular formula is C14H22N2. The Morgan fingerprint density at radius 3 is 2.62 bits per heavy atom. The van der Waals surface area contributed by atoms with Crippen LogP contribution in [0.4, 0.5) is 5.69 Å². The number of benzene rings is 1. The molecule has 0 amide bonds. The summed E-state index contributed by atoms with van der Waals surface area (Å²) in [6.45, 7) is 8.13. The second-order valence-corrected chi connectivity index (χ2v) is 5.20. The third-order valence-corrected chi connectivity index (χ3v) is 3.56. The van der Waals surface area contributed by atoms with Crippen LogP contribution >= 0.6 is 0 Å². The van der Waals surface area contributed by atoms with Gasteiger partial charge >= 0.3 is 0 Å². The number of para-hydroxylation sites is 1. The van der Waals surface area contributed by atoms with E-state index in [4.69, 9.17) is 0 Å². The molecule has 0 radical (unpaired) electrons. The van der Waals surface area contributed by atoms with Crippen molar-refractivity contribution < 1.29 is 0 Å². The minimum atomic E-state index is 0.401. The molecular weight excluding hydrogens is 196 g/mol. The summed E-state index contributed by atoms with van der Waals surface area (Å²) < 4.78 is 0. The van der Waals surface area contributed by atoms with Crippen LogP contribution in [0.15, 0.2) is 30.3 Å². The van der Waals surface area contributed by atoms with E-state index in [2.05, 4.69) is 54.4 Å². The van der Waals surface area contributed by atoms with E-state index >= 15 is 0 Å². The maximum Gasteiger partial charge on any atom is 0.0340 e. The number of nitrogens with zero attached hydrogens (tertiary/aromatic N) is 1. The first-order valence-corrected chi connectivity index (χ1v) is 6.22. The first-order chi connectivity index (χ1) is 7.68. The van der Waals surface area contributed by atoms with E-state index in [1.165, 1.54) is 25.1 Å². The van der Waals surface area contributed by atoms with Crippen molar-refractivity contribution in [1.82, 2.24) is 4.90 Å². The molecule has 0 aromatic heterocycles. The van der Waals surface area contributed by atoms with E-state index in [-0.39, 0.29) is 0 Å². The van der Waals surface area contributed by atoms with Crippen LogP contribution < -0.4 is 5.32 Å². The monoisotopic (exact) mass is 218 g/mol. The van der Waals surface area contributed by atoms with Gasteiger partial charge in [0.15, 0.2) is 0 Å². The van der Waals surface area contributed by atoms with Crippen molar-refractivity contribution in [2.75, 3.05) is 25.0 Å². The third-order valence-electron chi connectivity index (χ3n) is 3.56. The minimum Gasteiger partial charge on any atom is -0.384 e. The lowest BCUT2D eigenvalue weighted by molar-refractivity contribution is 0.182. The van der Waals surface area contributed by atoms with Crippen LogP contribution in [0.1, 0.15) is 26.7 Å². The summed E-state index contributed by atoms with van der Waals surface area (Å²) in [4.78, 5) is 2.59. The summed E-state index contributed by atoms with van der Waals surface area (Å²) in [5.74, 6) is 0. The standard InChI is InChI=1S/C14H22N2/c1-14(2)9-6-11-16(14)12-10-15-13-7-4-3-5-8-13/h3-5,7-8,15H,6,9-12H2,1-2H3. The number of nitrogens with one attached hydrogen (secondary N) is 1. The molecule has 1 fully saturated rings. The lowest BCUT2D eigenvalue weighted by Gasteiger charge is -2.31. The van der Waals surface area contributed by atoms with Crippen molar-refractivity contribution in [1.29, 1.82) is 0 Å². The highest BCUT2D eigenvalue weighted by Crippen LogP contribution is 2.27. The largest absolute Gasteiger partial charge is 0.384 e. The van der Waals surface area contributed by atoms with Gasteiger partial charge in [-0.25, -0.2) is 0 Å². The molecule has 2 heteroatoms. The zero-order chi connectivity index (χ0) is 11.4. The normalized spacial score (nSPS) is 19.9. The number of likely N-dealkylation sites (tertiary alicyclic amines) is 1. The maximum atomic E-state index is 3.47. The van der Waals surface area contributed by atoms with E-state index in [0.717, 1.165) is 13.1 Å². The van der Waals surface area contributed by atoms with Gasteiger partial charge in [-0.2, -0.15) is 0 Å². The highest BCUT2D eigenvalue weighted by atomic mass is 15.2. The molecule has 88 valence electrons. The Morgan fingerprint density at radius 1 is 1.25 bits per heavy atom. The summed E-state index contributed by atoms with van der Waals surface area (Å²) in [7, 11) is 0. The van der Waals surface area contributed by atoms with Gasteiger partial charge in [0.2, 0.25) is 0 Å². The molecule has 0 atom stereocenters. The van der Waals surface area contributed by atoms with Crippen LogP contribution in [-0.2, 0) is 0 Å². The van der Waals surface area contributed by atoms with Gasteiger partial charge in [-0.1, -0.05) is 18.2 Å². The van der Waals surface area contributed by atoms with Crippen LogP contribution in [-0.4, -0.2) is 30.1 Å². The Balaban J connectivity index is 1.76. The van der Waals surface area contributed by atoms with E-state index < -0.39 is 0 Å². The molecule has 2 rings (SSSR count). The summed E-state index contributed by atoms with van der Waals surface area (Å²) in [6, 6.07) is 10.4. The van der Waals surface area contributed by atoms with Crippen LogP contribution in [0.3, 0.4) is 0 Å². The quantitative estimate of drug-likeness (QED) is 0.836. The topological polar surface area (TPSA) is 15.3 Å². The molecule has 0 aliphatic carbocycles. The Hall–Kier alpha value is -1.02. The average Bonchev–Trinajstić information content (AvgIpc) is 2.60. The van der Waals surface area contributed by atoms with Gasteiger partial charge in [-0.05, 0) is 45.4 Å². The van der Waals surface area contributed by atoms with Crippen LogP contribution in [0, 0.1) is 0 Å². The lowest BCUT2D eigenvalue weighted by Crippen LogP contribution is -2.40. The molecule has 1 aromatic carbocycles. The molecule has 0 saturated carbocycles. The predicted molar refractivity (Wildman–Crippen MR) is 69.8 cm³/mol. The Kier molecular flexibility index (Phi) is 3.49. The molecule has 0 bridgehead atoms. The molecule has 1 N–H and O–H groups in total. The number of hydrogen-bond acceptors (Lipinski definition) is 2. The van der Waals surface area contributed by atoms with Crippen molar-refractivity contribution in [2.24, 2.45) is 0 Å². The van der Waals surface area contributed by atoms with E-state index in [0.29, 0.717) is 5.54 Å². The van der Waals surface area contributed by atoms with E-state index in [1.54, 1.807) is 0 Å². The van der Waals surface area contributed by atoms with Crippen molar-refractivity contribution in [3.05, 3.63) is 30.3 Å². The number of hydrogen-bond donors (Lipinski definition) is 1. The van der Waals surface area contributed by atoms with Crippen LogP contribution in [0.2, 0.25) is 0 Å². The Morgan fingerprint density at radius 2 is 2.00 bits per heavy atom. The number of rotatable bonds is 4. The molecule has 1 saturated heterocycles. The molecule has 1 aliphatic rings. The van der Waals surface area contributed by atoms with Crippen LogP contribution in [0.25, 0.3) is 0 Å². The fraction of sp³-hybridized carbons (Fsp3) is 0.571. The Bertz CT molecular complexity index is 319. The first-order valence-electron chi connectivity index (χ1n) is 6.22. The second-order valence-electron chi connectivity index (χ2n) is 5.20. The first kappa shape index (κ1) is 11.5. The lowest BCUT2D eigenvalue weighted by atomic mass is 10.0. The molecule has 1 aliphatic heterocycles. The molecule has 16 heavy (non-hydrogen) atoms. The zero-order valence-electron chi connectivity index (χ0n) is 10.4. The predicted octanol–water partition coefficient (Wildman–Crippen LogP) is 2.97. The second kappa shape index (κ2) is 4.88. The summed E-state index contributed by atoms with van der Waals surface area (Å²) in [6.07, 6.45) is 2.68. The van der Waals surface area contributed by atoms with Crippen molar-refractivity contribution in [3.63, 3.8) is 0 Å². The van der Waals surface area contributed by atoms with Gasteiger partial charge in [0.25, 0.3) is 0 Å². The number of anilines is 1. The van der Waals surface area contributed by atoms with Gasteiger partial charge < -0.3 is 5.32 Å². The fourth-order valence-electron chi connectivity index (χ4n) is 2.47. The zero-order valence-corrected chi connectivity index (χ0v) is 10.4. The molecule has 2 nitrogen and oxygen atoms in total. The van der Waals surface area contributed by atoms with Gasteiger partial charge in [-0.3, -0.25) is 4.90 Å². The van der Waals surface area contributed by atoms with Gasteiger partial charge in [0.1, 0.15) is 0 Å². The molecule has 1 aromatic rings. The van der Waals surface area contributed by atoms with Crippen molar-refractivity contribution in [2.45, 2.75) is 32.2 Å². The van der Waals surface area contributed by atoms with E-state index in [9.17, 15) is 0 Å². The highest BCUT2D eigenvalue weighted by Gasteiger charge is 2.30. The Labute approximate surface area is 98.7 Å². The SMILES string of the molecule is CC1(C)CCCN1CCNc1ccccc1. The fourth-order valence-corrected chi connectivity index (χ4v) is 2.47. The maximum absolute atomic E-state index is 3.47. The smallest absolute Gasteiger partial charge is 0.0340 e. The minimum absolute atomic E-state index is 0.401. The van der Waals surface area contributed by atoms with Crippen molar-refractivity contribution >= 4 is 5.69 Å². The highest BCUT2D eigenvalue weighted by molar-refractivity contribution is 5.42.